The van der Waals surface area contributed by atoms with Gasteiger partial charge in [-0.05, 0) is 54.4 Å². The first kappa shape index (κ1) is 21.4. The van der Waals surface area contributed by atoms with Gasteiger partial charge in [-0.25, -0.2) is 4.68 Å². The van der Waals surface area contributed by atoms with E-state index in [9.17, 15) is 14.4 Å². The van der Waals surface area contributed by atoms with Crippen LogP contribution in [0.15, 0.2) is 42.5 Å². The van der Waals surface area contributed by atoms with Crippen LogP contribution in [0, 0.1) is 0 Å². The molecule has 6 rings (SSSR count). The second kappa shape index (κ2) is 8.24. The number of nitrogens with one attached hydrogen (secondary N) is 1. The average molecular weight is 473 g/mol. The van der Waals surface area contributed by atoms with Crippen LogP contribution in [0.1, 0.15) is 32.1 Å². The number of nitrogens with zero attached hydrogens (tertiary/aromatic N) is 4. The minimum Gasteiger partial charge on any atom is -0.493 e. The number of carbonyl (C=O) groups excluding carboxylic acids is 3. The lowest BCUT2D eigenvalue weighted by Crippen LogP contribution is -2.48. The molecular formula is C25H24N6O4. The number of hydrogen-bond donors (Lipinski definition) is 2. The lowest BCUT2D eigenvalue weighted by atomic mass is 10.0. The summed E-state index contributed by atoms with van der Waals surface area (Å²) >= 11 is 0. The van der Waals surface area contributed by atoms with Gasteiger partial charge in [0.25, 0.3) is 11.8 Å². The molecule has 2 aromatic carbocycles. The maximum absolute atomic E-state index is 13.7. The first-order valence-corrected chi connectivity index (χ1v) is 11.6. The van der Waals surface area contributed by atoms with Crippen molar-refractivity contribution in [2.24, 2.45) is 5.73 Å². The number of aromatic nitrogens is 2. The average Bonchev–Trinajstić information content (AvgIpc) is 3.50. The van der Waals surface area contributed by atoms with Gasteiger partial charge in [-0.15, -0.1) is 0 Å². The molecule has 0 atom stereocenters. The maximum atomic E-state index is 13.7. The van der Waals surface area contributed by atoms with E-state index in [1.54, 1.807) is 9.80 Å². The highest BCUT2D eigenvalue weighted by Crippen LogP contribution is 2.32. The largest absolute Gasteiger partial charge is 0.493 e. The predicted octanol–water partition coefficient (Wildman–Crippen LogP) is 1.05. The third-order valence-electron chi connectivity index (χ3n) is 6.73. The molecule has 3 aromatic rings. The maximum Gasteiger partial charge on any atom is 0.277 e. The topological polar surface area (TPSA) is 123 Å². The van der Waals surface area contributed by atoms with Crippen LogP contribution in [0.25, 0.3) is 5.69 Å². The SMILES string of the molecule is NC(=O)c1nn(-c2ccc3c(c2)CCO3)c2c1CCN(c1ccc(N3CCNCC3=O)cc1)C2=O. The van der Waals surface area contributed by atoms with E-state index in [1.807, 2.05) is 42.5 Å². The van der Waals surface area contributed by atoms with Gasteiger partial charge in [0.15, 0.2) is 5.69 Å². The highest BCUT2D eigenvalue weighted by atomic mass is 16.5. The Morgan fingerprint density at radius 1 is 0.971 bits per heavy atom. The lowest BCUT2D eigenvalue weighted by Gasteiger charge is -2.30. The number of hydrogen-bond acceptors (Lipinski definition) is 6. The molecule has 3 aliphatic heterocycles. The highest BCUT2D eigenvalue weighted by Gasteiger charge is 2.35. The highest BCUT2D eigenvalue weighted by molar-refractivity contribution is 6.09. The van der Waals surface area contributed by atoms with E-state index in [1.165, 1.54) is 4.68 Å². The Balaban J connectivity index is 1.36. The Labute approximate surface area is 201 Å². The number of carbonyl (C=O) groups is 3. The minimum atomic E-state index is -0.657. The van der Waals surface area contributed by atoms with Crippen molar-refractivity contribution in [1.29, 1.82) is 0 Å². The van der Waals surface area contributed by atoms with E-state index in [0.29, 0.717) is 55.3 Å². The van der Waals surface area contributed by atoms with E-state index < -0.39 is 5.91 Å². The summed E-state index contributed by atoms with van der Waals surface area (Å²) in [6.07, 6.45) is 1.22. The zero-order valence-corrected chi connectivity index (χ0v) is 19.0. The number of ether oxygens (including phenoxy) is 1. The first-order valence-electron chi connectivity index (χ1n) is 11.6. The lowest BCUT2D eigenvalue weighted by molar-refractivity contribution is -0.118. The first-order chi connectivity index (χ1) is 17.0. The Morgan fingerprint density at radius 3 is 2.46 bits per heavy atom. The number of nitrogens with two attached hydrogens (primary N) is 1. The van der Waals surface area contributed by atoms with Gasteiger partial charge in [-0.3, -0.25) is 14.4 Å². The molecule has 3 aliphatic rings. The second-order valence-corrected chi connectivity index (χ2v) is 8.79. The molecule has 178 valence electrons. The number of fused-ring (bicyclic) bond motifs is 2. The van der Waals surface area contributed by atoms with Crippen molar-refractivity contribution in [3.63, 3.8) is 0 Å². The van der Waals surface area contributed by atoms with Crippen LogP contribution in [0.2, 0.25) is 0 Å². The van der Waals surface area contributed by atoms with E-state index >= 15 is 0 Å². The summed E-state index contributed by atoms with van der Waals surface area (Å²) in [4.78, 5) is 41.5. The fraction of sp³-hybridized carbons (Fsp3) is 0.280. The molecule has 1 aromatic heterocycles. The molecule has 0 saturated carbocycles. The van der Waals surface area contributed by atoms with E-state index in [2.05, 4.69) is 10.4 Å². The Morgan fingerprint density at radius 2 is 1.71 bits per heavy atom. The number of primary amides is 1. The number of piperazine rings is 1. The summed E-state index contributed by atoms with van der Waals surface area (Å²) < 4.78 is 7.12. The van der Waals surface area contributed by atoms with Crippen LogP contribution in [0.5, 0.6) is 5.75 Å². The monoisotopic (exact) mass is 472 g/mol. The van der Waals surface area contributed by atoms with Gasteiger partial charge in [0, 0.05) is 43.0 Å². The van der Waals surface area contributed by atoms with Crippen LogP contribution < -0.4 is 25.6 Å². The summed E-state index contributed by atoms with van der Waals surface area (Å²) in [5.74, 6) is -0.0731. The third-order valence-corrected chi connectivity index (χ3v) is 6.73. The van der Waals surface area contributed by atoms with Crippen LogP contribution >= 0.6 is 0 Å². The van der Waals surface area contributed by atoms with Gasteiger partial charge in [0.2, 0.25) is 5.91 Å². The van der Waals surface area contributed by atoms with Crippen molar-refractivity contribution in [3.8, 4) is 11.4 Å². The summed E-state index contributed by atoms with van der Waals surface area (Å²) in [5, 5.41) is 7.52. The molecule has 35 heavy (non-hydrogen) atoms. The second-order valence-electron chi connectivity index (χ2n) is 8.79. The number of rotatable bonds is 4. The fourth-order valence-corrected chi connectivity index (χ4v) is 4.99. The molecular weight excluding hydrogens is 448 g/mol. The summed E-state index contributed by atoms with van der Waals surface area (Å²) in [6, 6.07) is 13.0. The molecule has 10 heteroatoms. The van der Waals surface area contributed by atoms with Crippen molar-refractivity contribution in [1.82, 2.24) is 15.1 Å². The molecule has 0 bridgehead atoms. The fourth-order valence-electron chi connectivity index (χ4n) is 4.99. The number of anilines is 2. The van der Waals surface area contributed by atoms with Crippen LogP contribution in [-0.4, -0.2) is 60.3 Å². The van der Waals surface area contributed by atoms with E-state index in [-0.39, 0.29) is 17.5 Å². The van der Waals surface area contributed by atoms with Crippen molar-refractivity contribution in [2.45, 2.75) is 12.8 Å². The minimum absolute atomic E-state index is 0.0188. The smallest absolute Gasteiger partial charge is 0.277 e. The van der Waals surface area contributed by atoms with Crippen LogP contribution in [0.3, 0.4) is 0 Å². The summed E-state index contributed by atoms with van der Waals surface area (Å²) in [7, 11) is 0. The van der Waals surface area contributed by atoms with Gasteiger partial charge in [-0.2, -0.15) is 5.10 Å². The van der Waals surface area contributed by atoms with E-state index in [4.69, 9.17) is 10.5 Å². The van der Waals surface area contributed by atoms with E-state index in [0.717, 1.165) is 30.0 Å². The van der Waals surface area contributed by atoms with Crippen LogP contribution in [0.4, 0.5) is 11.4 Å². The van der Waals surface area contributed by atoms with Crippen molar-refractivity contribution < 1.29 is 19.1 Å². The normalized spacial score (nSPS) is 17.3. The molecule has 0 unspecified atom stereocenters. The quantitative estimate of drug-likeness (QED) is 0.585. The molecule has 0 aliphatic carbocycles. The van der Waals surface area contributed by atoms with Crippen molar-refractivity contribution in [2.75, 3.05) is 42.6 Å². The molecule has 0 spiro atoms. The zero-order chi connectivity index (χ0) is 24.1. The Bertz CT molecular complexity index is 1360. The van der Waals surface area contributed by atoms with Gasteiger partial charge in [0.05, 0.1) is 18.8 Å². The standard InChI is InChI=1S/C25H24N6O4/c26-24(33)22-19-7-10-30(17-3-1-16(2-4-17)29-11-9-27-14-21(29)32)25(34)23(19)31(28-22)18-5-6-20-15(13-18)8-12-35-20/h1-6,13,27H,7-12,14H2,(H2,26,33). The van der Waals surface area contributed by atoms with Gasteiger partial charge in [-0.1, -0.05) is 0 Å². The molecule has 4 heterocycles. The molecule has 3 N–H and O–H groups in total. The predicted molar refractivity (Wildman–Crippen MR) is 128 cm³/mol. The third kappa shape index (κ3) is 3.53. The summed E-state index contributed by atoms with van der Waals surface area (Å²) in [6.45, 7) is 2.66. The van der Waals surface area contributed by atoms with Crippen molar-refractivity contribution >= 4 is 29.1 Å². The zero-order valence-electron chi connectivity index (χ0n) is 19.0. The van der Waals surface area contributed by atoms with Gasteiger partial charge in [0.1, 0.15) is 11.4 Å². The Hall–Kier alpha value is -4.18. The van der Waals surface area contributed by atoms with Crippen LogP contribution in [-0.2, 0) is 17.6 Å². The molecule has 3 amide bonds. The molecule has 1 saturated heterocycles. The molecule has 10 nitrogen and oxygen atoms in total. The van der Waals surface area contributed by atoms with Gasteiger partial charge >= 0.3 is 0 Å². The van der Waals surface area contributed by atoms with Crippen molar-refractivity contribution in [3.05, 3.63) is 65.0 Å². The van der Waals surface area contributed by atoms with Gasteiger partial charge < -0.3 is 25.6 Å². The number of benzene rings is 2. The molecule has 1 fully saturated rings. The summed E-state index contributed by atoms with van der Waals surface area (Å²) in [5.41, 5.74) is 9.86. The Kier molecular flexibility index (Phi) is 5.03. The molecule has 0 radical (unpaired) electrons. The number of amides is 3.